The highest BCUT2D eigenvalue weighted by Crippen LogP contribution is 2.30. The van der Waals surface area contributed by atoms with Gasteiger partial charge >= 0.3 is 0 Å². The molecule has 0 aliphatic carbocycles. The normalized spacial score (nSPS) is 23.3. The number of nitrogens with zero attached hydrogens (tertiary/aromatic N) is 3. The van der Waals surface area contributed by atoms with Crippen LogP contribution in [0.1, 0.15) is 36.8 Å². The highest BCUT2D eigenvalue weighted by Gasteiger charge is 2.31. The van der Waals surface area contributed by atoms with Crippen LogP contribution in [0.4, 0.5) is 5.13 Å². The van der Waals surface area contributed by atoms with E-state index >= 15 is 0 Å². The summed E-state index contributed by atoms with van der Waals surface area (Å²) in [5.41, 5.74) is 1.21. The van der Waals surface area contributed by atoms with Crippen LogP contribution < -0.4 is 10.2 Å². The van der Waals surface area contributed by atoms with Gasteiger partial charge in [0.05, 0.1) is 5.69 Å². The zero-order valence-corrected chi connectivity index (χ0v) is 13.5. The minimum atomic E-state index is 0.773. The molecule has 112 valence electrons. The Labute approximate surface area is 126 Å². The van der Waals surface area contributed by atoms with E-state index in [1.54, 1.807) is 0 Å². The number of anilines is 1. The Balaban J connectivity index is 1.63. The van der Waals surface area contributed by atoms with Gasteiger partial charge in [-0.3, -0.25) is 4.90 Å². The van der Waals surface area contributed by atoms with Crippen LogP contribution in [-0.4, -0.2) is 48.6 Å². The van der Waals surface area contributed by atoms with Crippen molar-refractivity contribution in [1.82, 2.24) is 15.2 Å². The quantitative estimate of drug-likeness (QED) is 0.844. The first kappa shape index (κ1) is 14.3. The van der Waals surface area contributed by atoms with Crippen molar-refractivity contribution in [3.63, 3.8) is 0 Å². The van der Waals surface area contributed by atoms with Gasteiger partial charge < -0.3 is 10.2 Å². The predicted molar refractivity (Wildman–Crippen MR) is 85.7 cm³/mol. The highest BCUT2D eigenvalue weighted by atomic mass is 32.1. The number of nitrogens with one attached hydrogen (secondary N) is 1. The maximum absolute atomic E-state index is 4.81. The lowest BCUT2D eigenvalue weighted by atomic mass is 10.2. The Morgan fingerprint density at radius 1 is 1.35 bits per heavy atom. The highest BCUT2D eigenvalue weighted by molar-refractivity contribution is 7.15. The molecule has 1 unspecified atom stereocenters. The topological polar surface area (TPSA) is 31.4 Å². The van der Waals surface area contributed by atoms with Crippen LogP contribution in [0.2, 0.25) is 0 Å². The fraction of sp³-hybridized carbons (Fsp3) is 0.800. The molecule has 0 spiro atoms. The molecule has 5 heteroatoms. The Kier molecular flexibility index (Phi) is 4.58. The van der Waals surface area contributed by atoms with Gasteiger partial charge in [-0.15, -0.1) is 11.3 Å². The number of thiazole rings is 1. The van der Waals surface area contributed by atoms with Crippen LogP contribution in [0, 0.1) is 6.92 Å². The fourth-order valence-corrected chi connectivity index (χ4v) is 4.32. The standard InChI is InChI=1S/C15H26N4S/c1-3-6-16-10-14-12(2)17-15(20-14)19-9-8-18-7-4-5-13(18)11-19/h13,16H,3-11H2,1-2H3. The number of hydrogen-bond donors (Lipinski definition) is 1. The van der Waals surface area contributed by atoms with Crippen LogP contribution >= 0.6 is 11.3 Å². The summed E-state index contributed by atoms with van der Waals surface area (Å²) in [5.74, 6) is 0. The number of piperazine rings is 1. The van der Waals surface area contributed by atoms with Crippen molar-refractivity contribution in [3.8, 4) is 0 Å². The zero-order chi connectivity index (χ0) is 13.9. The molecule has 1 aromatic heterocycles. The van der Waals surface area contributed by atoms with E-state index in [2.05, 4.69) is 29.0 Å². The van der Waals surface area contributed by atoms with Crippen molar-refractivity contribution in [2.75, 3.05) is 37.6 Å². The summed E-state index contributed by atoms with van der Waals surface area (Å²) in [5, 5.41) is 4.73. The molecule has 2 aliphatic rings. The van der Waals surface area contributed by atoms with Crippen LogP contribution in [0.25, 0.3) is 0 Å². The van der Waals surface area contributed by atoms with Gasteiger partial charge in [-0.05, 0) is 39.3 Å². The average Bonchev–Trinajstić information content (AvgIpc) is 3.05. The summed E-state index contributed by atoms with van der Waals surface area (Å²) in [6, 6.07) is 0.773. The minimum Gasteiger partial charge on any atom is -0.345 e. The third-order valence-electron chi connectivity index (χ3n) is 4.45. The lowest BCUT2D eigenvalue weighted by Gasteiger charge is -2.37. The van der Waals surface area contributed by atoms with E-state index in [0.717, 1.165) is 25.7 Å². The second-order valence-corrected chi connectivity index (χ2v) is 7.02. The Morgan fingerprint density at radius 3 is 3.10 bits per heavy atom. The third kappa shape index (κ3) is 3.00. The molecule has 1 aromatic rings. The molecule has 0 amide bonds. The Bertz CT molecular complexity index is 445. The second-order valence-electron chi connectivity index (χ2n) is 5.96. The van der Waals surface area contributed by atoms with Gasteiger partial charge in [0.1, 0.15) is 0 Å². The second kappa shape index (κ2) is 6.41. The SMILES string of the molecule is CCCNCc1sc(N2CCN3CCCC3C2)nc1C. The summed E-state index contributed by atoms with van der Waals surface area (Å²) < 4.78 is 0. The van der Waals surface area contributed by atoms with Gasteiger partial charge in [-0.1, -0.05) is 6.92 Å². The first-order valence-corrected chi connectivity index (χ1v) is 8.75. The van der Waals surface area contributed by atoms with Crippen LogP contribution in [0.15, 0.2) is 0 Å². The largest absolute Gasteiger partial charge is 0.345 e. The summed E-state index contributed by atoms with van der Waals surface area (Å²) in [7, 11) is 0. The Morgan fingerprint density at radius 2 is 2.25 bits per heavy atom. The van der Waals surface area contributed by atoms with E-state index in [9.17, 15) is 0 Å². The molecular formula is C15H26N4S. The van der Waals surface area contributed by atoms with Gasteiger partial charge in [0.15, 0.2) is 5.13 Å². The average molecular weight is 294 g/mol. The number of aromatic nitrogens is 1. The van der Waals surface area contributed by atoms with E-state index in [4.69, 9.17) is 4.98 Å². The minimum absolute atomic E-state index is 0.773. The third-order valence-corrected chi connectivity index (χ3v) is 5.67. The number of aryl methyl sites for hydroxylation is 1. The van der Waals surface area contributed by atoms with Crippen molar-refractivity contribution in [2.24, 2.45) is 0 Å². The summed E-state index contributed by atoms with van der Waals surface area (Å²) in [6.07, 6.45) is 3.93. The van der Waals surface area contributed by atoms with E-state index < -0.39 is 0 Å². The molecule has 1 atom stereocenters. The molecule has 3 rings (SSSR count). The number of fused-ring (bicyclic) bond motifs is 1. The van der Waals surface area contributed by atoms with Crippen LogP contribution in [0.5, 0.6) is 0 Å². The molecule has 0 aromatic carbocycles. The first-order valence-electron chi connectivity index (χ1n) is 7.94. The molecule has 0 bridgehead atoms. The number of hydrogen-bond acceptors (Lipinski definition) is 5. The predicted octanol–water partition coefficient (Wildman–Crippen LogP) is 2.24. The Hall–Kier alpha value is -0.650. The van der Waals surface area contributed by atoms with Gasteiger partial charge in [0.2, 0.25) is 0 Å². The molecule has 0 saturated carbocycles. The van der Waals surface area contributed by atoms with Crippen molar-refractivity contribution in [3.05, 3.63) is 10.6 Å². The summed E-state index contributed by atoms with van der Waals surface area (Å²) in [6.45, 7) is 11.3. The molecule has 2 fully saturated rings. The van der Waals surface area contributed by atoms with Gasteiger partial charge in [0, 0.05) is 37.1 Å². The zero-order valence-electron chi connectivity index (χ0n) is 12.7. The molecule has 3 heterocycles. The molecule has 0 radical (unpaired) electrons. The van der Waals surface area contributed by atoms with Crippen molar-refractivity contribution in [1.29, 1.82) is 0 Å². The van der Waals surface area contributed by atoms with Gasteiger partial charge in [-0.2, -0.15) is 0 Å². The molecular weight excluding hydrogens is 268 g/mol. The molecule has 2 saturated heterocycles. The van der Waals surface area contributed by atoms with Crippen molar-refractivity contribution >= 4 is 16.5 Å². The smallest absolute Gasteiger partial charge is 0.185 e. The fourth-order valence-electron chi connectivity index (χ4n) is 3.26. The van der Waals surface area contributed by atoms with E-state index in [0.29, 0.717) is 0 Å². The first-order chi connectivity index (χ1) is 9.78. The van der Waals surface area contributed by atoms with Gasteiger partial charge in [0.25, 0.3) is 0 Å². The number of rotatable bonds is 5. The van der Waals surface area contributed by atoms with E-state index in [1.807, 2.05) is 11.3 Å². The van der Waals surface area contributed by atoms with E-state index in [-0.39, 0.29) is 0 Å². The van der Waals surface area contributed by atoms with Crippen molar-refractivity contribution < 1.29 is 0 Å². The molecule has 1 N–H and O–H groups in total. The monoisotopic (exact) mass is 294 g/mol. The molecule has 4 nitrogen and oxygen atoms in total. The lowest BCUT2D eigenvalue weighted by Crippen LogP contribution is -2.50. The molecule has 2 aliphatic heterocycles. The summed E-state index contributed by atoms with van der Waals surface area (Å²) >= 11 is 1.88. The summed E-state index contributed by atoms with van der Waals surface area (Å²) in [4.78, 5) is 11.4. The van der Waals surface area contributed by atoms with Crippen LogP contribution in [0.3, 0.4) is 0 Å². The lowest BCUT2D eigenvalue weighted by molar-refractivity contribution is 0.231. The van der Waals surface area contributed by atoms with Crippen LogP contribution in [-0.2, 0) is 6.54 Å². The maximum atomic E-state index is 4.81. The van der Waals surface area contributed by atoms with E-state index in [1.165, 1.54) is 54.6 Å². The van der Waals surface area contributed by atoms with Crippen molar-refractivity contribution in [2.45, 2.75) is 45.7 Å². The maximum Gasteiger partial charge on any atom is 0.185 e. The van der Waals surface area contributed by atoms with Gasteiger partial charge in [-0.25, -0.2) is 4.98 Å². The molecule has 20 heavy (non-hydrogen) atoms.